The molecule has 2 rings (SSSR count). The van der Waals surface area contributed by atoms with Gasteiger partial charge in [0.1, 0.15) is 4.88 Å². The second kappa shape index (κ2) is 8.83. The lowest BCUT2D eigenvalue weighted by Crippen LogP contribution is -2.25. The number of carbonyl (C=O) groups is 3. The Kier molecular flexibility index (Phi) is 6.51. The minimum absolute atomic E-state index is 0.156. The predicted molar refractivity (Wildman–Crippen MR) is 92.3 cm³/mol. The third kappa shape index (κ3) is 5.20. The molecule has 1 heterocycles. The van der Waals surface area contributed by atoms with Crippen molar-refractivity contribution in [2.75, 3.05) is 19.0 Å². The fraction of sp³-hybridized carbons (Fsp3) is 0.235. The maximum absolute atomic E-state index is 11.8. The normalized spacial score (nSPS) is 10.0. The van der Waals surface area contributed by atoms with Gasteiger partial charge in [-0.25, -0.2) is 4.79 Å². The van der Waals surface area contributed by atoms with Crippen LogP contribution in [0, 0.1) is 0 Å². The summed E-state index contributed by atoms with van der Waals surface area (Å²) in [6.45, 7) is 0.416. The fourth-order valence-corrected chi connectivity index (χ4v) is 2.80. The van der Waals surface area contributed by atoms with Gasteiger partial charge in [0.05, 0.1) is 12.1 Å². The molecule has 0 saturated carbocycles. The van der Waals surface area contributed by atoms with Gasteiger partial charge in [0.25, 0.3) is 5.91 Å². The second-order valence-electron chi connectivity index (χ2n) is 4.93. The molecule has 0 aliphatic heterocycles. The number of ether oxygens (including phenoxy) is 1. The van der Waals surface area contributed by atoms with Crippen molar-refractivity contribution in [2.24, 2.45) is 0 Å². The Morgan fingerprint density at radius 2 is 1.83 bits per heavy atom. The topological polar surface area (TPSA) is 84.5 Å². The molecule has 6 nitrogen and oxygen atoms in total. The number of hydrogen-bond acceptors (Lipinski definition) is 5. The molecule has 1 aromatic heterocycles. The fourth-order valence-electron chi connectivity index (χ4n) is 1.96. The molecule has 0 saturated heterocycles. The molecule has 0 bridgehead atoms. The summed E-state index contributed by atoms with van der Waals surface area (Å²) < 4.78 is 4.61. The summed E-state index contributed by atoms with van der Waals surface area (Å²) in [7, 11) is 1.31. The van der Waals surface area contributed by atoms with Gasteiger partial charge in [0.15, 0.2) is 0 Å². The molecule has 0 radical (unpaired) electrons. The zero-order chi connectivity index (χ0) is 17.4. The number of esters is 1. The Morgan fingerprint density at radius 3 is 2.54 bits per heavy atom. The molecule has 1 aromatic carbocycles. The van der Waals surface area contributed by atoms with E-state index in [2.05, 4.69) is 15.4 Å². The molecule has 2 N–H and O–H groups in total. The molecule has 0 unspecified atom stereocenters. The van der Waals surface area contributed by atoms with Crippen molar-refractivity contribution in [3.8, 4) is 0 Å². The maximum Gasteiger partial charge on any atom is 0.348 e. The summed E-state index contributed by atoms with van der Waals surface area (Å²) in [5.74, 6) is -0.747. The Bertz CT molecular complexity index is 712. The predicted octanol–water partition coefficient (Wildman–Crippen LogP) is 2.68. The number of carbonyl (C=O) groups excluding carboxylic acids is 3. The van der Waals surface area contributed by atoms with Crippen LogP contribution in [0.15, 0.2) is 42.5 Å². The first-order valence-corrected chi connectivity index (χ1v) is 8.23. The van der Waals surface area contributed by atoms with Crippen LogP contribution in [0.25, 0.3) is 0 Å². The van der Waals surface area contributed by atoms with Crippen LogP contribution in [-0.4, -0.2) is 31.4 Å². The molecule has 0 fully saturated rings. The lowest BCUT2D eigenvalue weighted by Gasteiger charge is -2.05. The van der Waals surface area contributed by atoms with Gasteiger partial charge in [-0.1, -0.05) is 18.2 Å². The van der Waals surface area contributed by atoms with E-state index in [0.29, 0.717) is 28.4 Å². The van der Waals surface area contributed by atoms with Crippen LogP contribution in [0.2, 0.25) is 0 Å². The van der Waals surface area contributed by atoms with Gasteiger partial charge < -0.3 is 15.4 Å². The number of hydrogen-bond donors (Lipinski definition) is 2. The minimum Gasteiger partial charge on any atom is -0.465 e. The van der Waals surface area contributed by atoms with E-state index in [1.807, 2.05) is 6.07 Å². The Hall–Kier alpha value is -2.67. The summed E-state index contributed by atoms with van der Waals surface area (Å²) in [5, 5.41) is 6.08. The molecule has 0 atom stereocenters. The van der Waals surface area contributed by atoms with Crippen molar-refractivity contribution in [3.05, 3.63) is 52.9 Å². The van der Waals surface area contributed by atoms with Crippen molar-refractivity contribution >= 4 is 34.1 Å². The highest BCUT2D eigenvalue weighted by Gasteiger charge is 2.11. The second-order valence-corrected chi connectivity index (χ2v) is 6.01. The lowest BCUT2D eigenvalue weighted by atomic mass is 10.2. The number of benzene rings is 1. The van der Waals surface area contributed by atoms with Crippen LogP contribution in [0.1, 0.15) is 32.9 Å². The van der Waals surface area contributed by atoms with Crippen molar-refractivity contribution in [2.45, 2.75) is 12.8 Å². The van der Waals surface area contributed by atoms with E-state index >= 15 is 0 Å². The van der Waals surface area contributed by atoms with Crippen LogP contribution in [0.3, 0.4) is 0 Å². The maximum atomic E-state index is 11.8. The molecule has 0 aliphatic rings. The van der Waals surface area contributed by atoms with E-state index in [9.17, 15) is 14.4 Å². The molecule has 0 aliphatic carbocycles. The zero-order valence-corrected chi connectivity index (χ0v) is 14.0. The van der Waals surface area contributed by atoms with Crippen LogP contribution in [-0.2, 0) is 9.53 Å². The average Bonchev–Trinajstić information content (AvgIpc) is 3.07. The number of methoxy groups -OCH3 is 1. The number of anilines is 1. The van der Waals surface area contributed by atoms with Crippen LogP contribution >= 0.6 is 11.3 Å². The highest BCUT2D eigenvalue weighted by Crippen LogP contribution is 2.22. The van der Waals surface area contributed by atoms with Crippen LogP contribution in [0.5, 0.6) is 0 Å². The molecular weight excluding hydrogens is 328 g/mol. The summed E-state index contributed by atoms with van der Waals surface area (Å²) in [4.78, 5) is 35.4. The summed E-state index contributed by atoms with van der Waals surface area (Å²) in [6, 6.07) is 12.2. The smallest absolute Gasteiger partial charge is 0.348 e. The zero-order valence-electron chi connectivity index (χ0n) is 13.2. The monoisotopic (exact) mass is 346 g/mol. The van der Waals surface area contributed by atoms with Crippen LogP contribution in [0.4, 0.5) is 5.00 Å². The van der Waals surface area contributed by atoms with Crippen molar-refractivity contribution < 1.29 is 19.1 Å². The van der Waals surface area contributed by atoms with Crippen molar-refractivity contribution in [1.82, 2.24) is 5.32 Å². The Balaban J connectivity index is 1.69. The summed E-state index contributed by atoms with van der Waals surface area (Å²) in [5.41, 5.74) is 0.593. The van der Waals surface area contributed by atoms with E-state index in [-0.39, 0.29) is 18.2 Å². The standard InChI is InChI=1S/C17H18N2O4S/c1-23-17(22)13-9-10-15(24-13)19-14(20)8-5-11-18-16(21)12-6-3-2-4-7-12/h2-4,6-7,9-10H,5,8,11H2,1H3,(H,18,21)(H,19,20). The summed E-state index contributed by atoms with van der Waals surface area (Å²) >= 11 is 1.16. The van der Waals surface area contributed by atoms with Gasteiger partial charge in [-0.15, -0.1) is 11.3 Å². The van der Waals surface area contributed by atoms with Gasteiger partial charge in [-0.05, 0) is 30.7 Å². The minimum atomic E-state index is -0.427. The SMILES string of the molecule is COC(=O)c1ccc(NC(=O)CCCNC(=O)c2ccccc2)s1. The highest BCUT2D eigenvalue weighted by molar-refractivity contribution is 7.18. The first kappa shape index (κ1) is 17.7. The lowest BCUT2D eigenvalue weighted by molar-refractivity contribution is -0.116. The van der Waals surface area contributed by atoms with Gasteiger partial charge in [0, 0.05) is 18.5 Å². The number of thiophene rings is 1. The molecule has 24 heavy (non-hydrogen) atoms. The number of nitrogens with one attached hydrogen (secondary N) is 2. The molecule has 7 heteroatoms. The first-order chi connectivity index (χ1) is 11.6. The van der Waals surface area contributed by atoms with Gasteiger partial charge in [-0.2, -0.15) is 0 Å². The Morgan fingerprint density at radius 1 is 1.08 bits per heavy atom. The molecule has 0 spiro atoms. The van der Waals surface area contributed by atoms with Crippen molar-refractivity contribution in [1.29, 1.82) is 0 Å². The molecule has 2 aromatic rings. The molecular formula is C17H18N2O4S. The summed E-state index contributed by atoms with van der Waals surface area (Å²) in [6.07, 6.45) is 0.806. The van der Waals surface area contributed by atoms with Gasteiger partial charge in [0.2, 0.25) is 5.91 Å². The molecule has 2 amide bonds. The van der Waals surface area contributed by atoms with Crippen molar-refractivity contribution in [3.63, 3.8) is 0 Å². The third-order valence-corrected chi connectivity index (χ3v) is 4.14. The highest BCUT2D eigenvalue weighted by atomic mass is 32.1. The average molecular weight is 346 g/mol. The first-order valence-electron chi connectivity index (χ1n) is 7.41. The van der Waals surface area contributed by atoms with Crippen LogP contribution < -0.4 is 10.6 Å². The largest absolute Gasteiger partial charge is 0.465 e. The van der Waals surface area contributed by atoms with Gasteiger partial charge >= 0.3 is 5.97 Å². The van der Waals surface area contributed by atoms with Gasteiger partial charge in [-0.3, -0.25) is 9.59 Å². The van der Waals surface area contributed by atoms with E-state index in [0.717, 1.165) is 11.3 Å². The van der Waals surface area contributed by atoms with E-state index in [1.165, 1.54) is 7.11 Å². The van der Waals surface area contributed by atoms with E-state index in [1.54, 1.807) is 36.4 Å². The quantitative estimate of drug-likeness (QED) is 0.596. The number of amides is 2. The molecule has 126 valence electrons. The van der Waals surface area contributed by atoms with E-state index < -0.39 is 5.97 Å². The third-order valence-electron chi connectivity index (χ3n) is 3.16. The van der Waals surface area contributed by atoms with E-state index in [4.69, 9.17) is 0 Å². The Labute approximate surface area is 143 Å². The number of rotatable bonds is 7.